The van der Waals surface area contributed by atoms with Gasteiger partial charge in [-0.15, -0.1) is 0 Å². The standard InChI is InChI=1S/C14H29NO5/c1-2-3-4-5-6-20-9-10(16)7-11-13(18)14(19)12(17)8-15-11/h10-19H,2-9H2,1H3/t10-,11-,12-,13+,14+/m1/s1. The Balaban J connectivity index is 2.14. The third-order valence-corrected chi connectivity index (χ3v) is 3.72. The van der Waals surface area contributed by atoms with E-state index in [4.69, 9.17) is 4.74 Å². The van der Waals surface area contributed by atoms with Crippen LogP contribution in [0, 0.1) is 0 Å². The summed E-state index contributed by atoms with van der Waals surface area (Å²) in [7, 11) is 0. The van der Waals surface area contributed by atoms with Crippen LogP contribution < -0.4 is 5.32 Å². The fourth-order valence-electron chi connectivity index (χ4n) is 2.41. The van der Waals surface area contributed by atoms with Crippen LogP contribution in [0.25, 0.3) is 0 Å². The highest BCUT2D eigenvalue weighted by Crippen LogP contribution is 2.15. The molecule has 20 heavy (non-hydrogen) atoms. The molecule has 0 aliphatic carbocycles. The van der Waals surface area contributed by atoms with Gasteiger partial charge < -0.3 is 30.5 Å². The predicted molar refractivity (Wildman–Crippen MR) is 75.4 cm³/mol. The molecule has 0 radical (unpaired) electrons. The second-order valence-electron chi connectivity index (χ2n) is 5.59. The molecule has 1 saturated heterocycles. The van der Waals surface area contributed by atoms with Gasteiger partial charge in [0.2, 0.25) is 0 Å². The van der Waals surface area contributed by atoms with Gasteiger partial charge in [-0.1, -0.05) is 26.2 Å². The number of rotatable bonds is 9. The van der Waals surface area contributed by atoms with Crippen molar-refractivity contribution in [2.24, 2.45) is 0 Å². The van der Waals surface area contributed by atoms with Crippen LogP contribution in [0.2, 0.25) is 0 Å². The minimum atomic E-state index is -1.16. The van der Waals surface area contributed by atoms with Gasteiger partial charge in [-0.05, 0) is 12.8 Å². The lowest BCUT2D eigenvalue weighted by Gasteiger charge is -2.37. The van der Waals surface area contributed by atoms with E-state index in [0.29, 0.717) is 13.0 Å². The van der Waals surface area contributed by atoms with Crippen LogP contribution in [-0.4, -0.2) is 70.6 Å². The number of aliphatic hydroxyl groups excluding tert-OH is 4. The van der Waals surface area contributed by atoms with Gasteiger partial charge in [0.25, 0.3) is 0 Å². The van der Waals surface area contributed by atoms with E-state index in [2.05, 4.69) is 12.2 Å². The van der Waals surface area contributed by atoms with Crippen molar-refractivity contribution in [2.45, 2.75) is 69.5 Å². The molecule has 0 aromatic heterocycles. The number of hydrogen-bond acceptors (Lipinski definition) is 6. The quantitative estimate of drug-likeness (QED) is 0.363. The zero-order chi connectivity index (χ0) is 15.0. The van der Waals surface area contributed by atoms with Crippen LogP contribution in [0.5, 0.6) is 0 Å². The van der Waals surface area contributed by atoms with Crippen molar-refractivity contribution >= 4 is 0 Å². The molecule has 1 heterocycles. The molecule has 1 fully saturated rings. The third kappa shape index (κ3) is 6.03. The molecular formula is C14H29NO5. The maximum absolute atomic E-state index is 9.85. The highest BCUT2D eigenvalue weighted by molar-refractivity contribution is 4.92. The van der Waals surface area contributed by atoms with Gasteiger partial charge in [0.15, 0.2) is 0 Å². The Kier molecular flexibility index (Phi) is 8.60. The average molecular weight is 291 g/mol. The topological polar surface area (TPSA) is 102 Å². The first kappa shape index (κ1) is 17.8. The van der Waals surface area contributed by atoms with Gasteiger partial charge in [-0.2, -0.15) is 0 Å². The maximum atomic E-state index is 9.85. The molecule has 1 aliphatic heterocycles. The lowest BCUT2D eigenvalue weighted by Crippen LogP contribution is -2.60. The van der Waals surface area contributed by atoms with Crippen molar-refractivity contribution < 1.29 is 25.2 Å². The van der Waals surface area contributed by atoms with E-state index in [-0.39, 0.29) is 13.2 Å². The number of piperidine rings is 1. The Morgan fingerprint density at radius 1 is 1.15 bits per heavy atom. The van der Waals surface area contributed by atoms with E-state index >= 15 is 0 Å². The van der Waals surface area contributed by atoms with E-state index < -0.39 is 30.5 Å². The number of ether oxygens (including phenoxy) is 1. The summed E-state index contributed by atoms with van der Waals surface area (Å²) in [4.78, 5) is 0. The minimum absolute atomic E-state index is 0.216. The molecule has 1 rings (SSSR count). The fourth-order valence-corrected chi connectivity index (χ4v) is 2.41. The molecule has 0 unspecified atom stereocenters. The van der Waals surface area contributed by atoms with Crippen LogP contribution in [0.15, 0.2) is 0 Å². The molecule has 0 bridgehead atoms. The first-order valence-corrected chi connectivity index (χ1v) is 7.59. The van der Waals surface area contributed by atoms with Crippen molar-refractivity contribution in [3.63, 3.8) is 0 Å². The fraction of sp³-hybridized carbons (Fsp3) is 1.00. The monoisotopic (exact) mass is 291 g/mol. The maximum Gasteiger partial charge on any atom is 0.108 e. The Bertz CT molecular complexity index is 254. The second kappa shape index (κ2) is 9.65. The third-order valence-electron chi connectivity index (χ3n) is 3.72. The van der Waals surface area contributed by atoms with Crippen molar-refractivity contribution in [1.29, 1.82) is 0 Å². The second-order valence-corrected chi connectivity index (χ2v) is 5.59. The molecule has 0 amide bonds. The van der Waals surface area contributed by atoms with Gasteiger partial charge in [0.05, 0.1) is 24.9 Å². The first-order valence-electron chi connectivity index (χ1n) is 7.59. The highest BCUT2D eigenvalue weighted by Gasteiger charge is 2.36. The Morgan fingerprint density at radius 2 is 1.90 bits per heavy atom. The predicted octanol–water partition coefficient (Wildman–Crippen LogP) is -0.611. The zero-order valence-electron chi connectivity index (χ0n) is 12.2. The normalized spacial score (nSPS) is 32.2. The first-order chi connectivity index (χ1) is 9.56. The number of hydrogen-bond donors (Lipinski definition) is 5. The summed E-state index contributed by atoms with van der Waals surface area (Å²) in [6.45, 7) is 3.24. The van der Waals surface area contributed by atoms with Crippen LogP contribution in [0.3, 0.4) is 0 Å². The van der Waals surface area contributed by atoms with Crippen molar-refractivity contribution in [3.05, 3.63) is 0 Å². The van der Waals surface area contributed by atoms with Crippen LogP contribution in [0.4, 0.5) is 0 Å². The number of β-amino-alcohol motifs (C(OH)–C–C–N with tert-alkyl or cyclic N) is 1. The number of unbranched alkanes of at least 4 members (excludes halogenated alkanes) is 3. The summed E-state index contributed by atoms with van der Waals surface area (Å²) < 4.78 is 5.40. The van der Waals surface area contributed by atoms with Crippen molar-refractivity contribution in [1.82, 2.24) is 5.32 Å². The SMILES string of the molecule is CCCCCCOC[C@H](O)C[C@H]1NC[C@@H](O)[C@H](O)[C@H]1O. The van der Waals surface area contributed by atoms with Crippen LogP contribution >= 0.6 is 0 Å². The molecule has 6 nitrogen and oxygen atoms in total. The van der Waals surface area contributed by atoms with Gasteiger partial charge in [0, 0.05) is 19.2 Å². The Morgan fingerprint density at radius 3 is 2.60 bits per heavy atom. The van der Waals surface area contributed by atoms with E-state index in [9.17, 15) is 20.4 Å². The molecule has 5 atom stereocenters. The van der Waals surface area contributed by atoms with Crippen LogP contribution in [0.1, 0.15) is 39.0 Å². The largest absolute Gasteiger partial charge is 0.391 e. The van der Waals surface area contributed by atoms with Crippen molar-refractivity contribution in [2.75, 3.05) is 19.8 Å². The van der Waals surface area contributed by atoms with E-state index in [0.717, 1.165) is 12.8 Å². The molecule has 0 aromatic rings. The molecule has 0 aromatic carbocycles. The average Bonchev–Trinajstić information content (AvgIpc) is 2.43. The Hall–Kier alpha value is -0.240. The molecule has 0 saturated carbocycles. The van der Waals surface area contributed by atoms with Crippen molar-refractivity contribution in [3.8, 4) is 0 Å². The summed E-state index contributed by atoms with van der Waals surface area (Å²) in [5, 5.41) is 41.5. The molecule has 120 valence electrons. The molecule has 1 aliphatic rings. The number of nitrogens with one attached hydrogen (secondary N) is 1. The summed E-state index contributed by atoms with van der Waals surface area (Å²) in [6, 6.07) is -0.424. The van der Waals surface area contributed by atoms with E-state index in [1.807, 2.05) is 0 Å². The highest BCUT2D eigenvalue weighted by atomic mass is 16.5. The summed E-state index contributed by atoms with van der Waals surface area (Å²) in [5.41, 5.74) is 0. The molecular weight excluding hydrogens is 262 g/mol. The van der Waals surface area contributed by atoms with Gasteiger partial charge in [-0.25, -0.2) is 0 Å². The summed E-state index contributed by atoms with van der Waals surface area (Å²) in [6.07, 6.45) is 0.923. The van der Waals surface area contributed by atoms with Crippen LogP contribution in [-0.2, 0) is 4.74 Å². The minimum Gasteiger partial charge on any atom is -0.391 e. The van der Waals surface area contributed by atoms with E-state index in [1.54, 1.807) is 0 Å². The molecule has 0 spiro atoms. The van der Waals surface area contributed by atoms with E-state index in [1.165, 1.54) is 12.8 Å². The summed E-state index contributed by atoms with van der Waals surface area (Å²) in [5.74, 6) is 0. The van der Waals surface area contributed by atoms with Gasteiger partial charge in [0.1, 0.15) is 6.10 Å². The smallest absolute Gasteiger partial charge is 0.108 e. The lowest BCUT2D eigenvalue weighted by molar-refractivity contribution is -0.102. The zero-order valence-corrected chi connectivity index (χ0v) is 12.2. The summed E-state index contributed by atoms with van der Waals surface area (Å²) >= 11 is 0. The van der Waals surface area contributed by atoms with Gasteiger partial charge in [-0.3, -0.25) is 0 Å². The molecule has 5 N–H and O–H groups in total. The Labute approximate surface area is 120 Å². The molecule has 6 heteroatoms. The lowest BCUT2D eigenvalue weighted by atomic mass is 9.92. The number of aliphatic hydroxyl groups is 4. The van der Waals surface area contributed by atoms with Gasteiger partial charge >= 0.3 is 0 Å².